The Labute approximate surface area is 343 Å². The van der Waals surface area contributed by atoms with Crippen molar-refractivity contribution >= 4 is 52.3 Å². The van der Waals surface area contributed by atoms with E-state index in [1.54, 1.807) is 6.20 Å². The minimum Gasteiger partial charge on any atom is -0.480 e. The van der Waals surface area contributed by atoms with Gasteiger partial charge in [-0.3, -0.25) is 28.8 Å². The van der Waals surface area contributed by atoms with E-state index >= 15 is 0 Å². The molecule has 2 aromatic rings. The van der Waals surface area contributed by atoms with Gasteiger partial charge in [-0.15, -0.1) is 0 Å². The molecule has 15 nitrogen and oxygen atoms in total. The van der Waals surface area contributed by atoms with Crippen molar-refractivity contribution in [3.05, 3.63) is 36.0 Å². The summed E-state index contributed by atoms with van der Waals surface area (Å²) in [6, 6.07) is 1.20. The summed E-state index contributed by atoms with van der Waals surface area (Å²) in [5.41, 5.74) is 1.70. The van der Waals surface area contributed by atoms with Crippen molar-refractivity contribution in [1.82, 2.24) is 36.9 Å². The Morgan fingerprint density at radius 3 is 1.17 bits per heavy atom. The van der Waals surface area contributed by atoms with Crippen LogP contribution in [0.4, 0.5) is 0 Å². The van der Waals surface area contributed by atoms with E-state index in [4.69, 9.17) is 0 Å². The molecule has 1 aromatic carbocycles. The van der Waals surface area contributed by atoms with Crippen LogP contribution in [0.15, 0.2) is 30.5 Å². The third-order valence-corrected chi connectivity index (χ3v) is 9.47. The molecule has 6 amide bonds. The molecule has 0 radical (unpaired) electrons. The van der Waals surface area contributed by atoms with Gasteiger partial charge >= 0.3 is 5.97 Å². The number of H-pyrrole nitrogens is 1. The summed E-state index contributed by atoms with van der Waals surface area (Å²) in [6.45, 7) is 20.1. The standard InChI is InChI=1S/C43H69N7O8/c1-23(2)16-32(38(52)46-33(17-24(3)4)39(53)48-35(19-26(7)8)41(55)50-37(43(57)58)20-27(9)10)47-40(54)34(18-25(5)6)49-42(56)36(45-28(11)51)21-29-22-44-31-15-13-12-14-30(29)31/h12-15,22-27,32-37,44H,16-21H2,1-11H3,(H,45,51)(H,46,52)(H,47,54)(H,48,53)(H,49,56)(H,50,55)(H,57,58)/t32-,33-,34-,35-,36-,37-/m0/s1. The van der Waals surface area contributed by atoms with Crippen molar-refractivity contribution in [3.63, 3.8) is 0 Å². The zero-order valence-electron chi connectivity index (χ0n) is 36.3. The maximum Gasteiger partial charge on any atom is 0.326 e. The van der Waals surface area contributed by atoms with Gasteiger partial charge in [0.1, 0.15) is 36.3 Å². The lowest BCUT2D eigenvalue weighted by molar-refractivity contribution is -0.143. The maximum absolute atomic E-state index is 14.0. The van der Waals surface area contributed by atoms with E-state index in [0.717, 1.165) is 16.5 Å². The number of aromatic amines is 1. The van der Waals surface area contributed by atoms with Crippen LogP contribution in [0.3, 0.4) is 0 Å². The maximum atomic E-state index is 14.0. The third-order valence-electron chi connectivity index (χ3n) is 9.47. The van der Waals surface area contributed by atoms with Crippen molar-refractivity contribution in [3.8, 4) is 0 Å². The minimum absolute atomic E-state index is 0.00184. The van der Waals surface area contributed by atoms with Crippen LogP contribution in [0.5, 0.6) is 0 Å². The number of amides is 6. The number of carboxylic acids is 1. The quantitative estimate of drug-likeness (QED) is 0.0773. The molecule has 1 aromatic heterocycles. The monoisotopic (exact) mass is 812 g/mol. The summed E-state index contributed by atoms with van der Waals surface area (Å²) >= 11 is 0. The van der Waals surface area contributed by atoms with Crippen molar-refractivity contribution in [2.45, 2.75) is 151 Å². The van der Waals surface area contributed by atoms with E-state index in [2.05, 4.69) is 36.9 Å². The van der Waals surface area contributed by atoms with Gasteiger partial charge < -0.3 is 42.0 Å². The van der Waals surface area contributed by atoms with Gasteiger partial charge in [0, 0.05) is 30.4 Å². The second-order valence-corrected chi connectivity index (χ2v) is 17.6. The van der Waals surface area contributed by atoms with Gasteiger partial charge in [0.05, 0.1) is 0 Å². The van der Waals surface area contributed by atoms with Gasteiger partial charge in [-0.25, -0.2) is 4.79 Å². The number of rotatable bonds is 24. The Morgan fingerprint density at radius 1 is 0.500 bits per heavy atom. The normalized spacial score (nSPS) is 14.8. The predicted molar refractivity (Wildman–Crippen MR) is 224 cm³/mol. The summed E-state index contributed by atoms with van der Waals surface area (Å²) in [5.74, 6) is -4.77. The van der Waals surface area contributed by atoms with Crippen LogP contribution in [0, 0.1) is 29.6 Å². The number of aliphatic carboxylic acids is 1. The van der Waals surface area contributed by atoms with E-state index in [9.17, 15) is 38.7 Å². The number of nitrogens with one attached hydrogen (secondary N) is 7. The SMILES string of the molecule is CC(=O)N[C@@H](Cc1c[nH]c2ccccc12)C(=O)N[C@@H](CC(C)C)C(=O)N[C@@H](CC(C)C)C(=O)N[C@@H](CC(C)C)C(=O)N[C@@H](CC(C)C)C(=O)N[C@@H](CC(C)C)C(=O)O. The smallest absolute Gasteiger partial charge is 0.326 e. The summed E-state index contributed by atoms with van der Waals surface area (Å²) in [7, 11) is 0. The zero-order valence-corrected chi connectivity index (χ0v) is 36.3. The molecule has 0 bridgehead atoms. The predicted octanol–water partition coefficient (Wildman–Crippen LogP) is 3.95. The number of carbonyl (C=O) groups is 7. The average molecular weight is 812 g/mol. The molecule has 0 spiro atoms. The van der Waals surface area contributed by atoms with Gasteiger partial charge in [-0.1, -0.05) is 87.4 Å². The lowest BCUT2D eigenvalue weighted by Crippen LogP contribution is -2.60. The van der Waals surface area contributed by atoms with Crippen LogP contribution in [0.1, 0.15) is 114 Å². The molecular weight excluding hydrogens is 743 g/mol. The second-order valence-electron chi connectivity index (χ2n) is 17.6. The van der Waals surface area contributed by atoms with Crippen LogP contribution >= 0.6 is 0 Å². The largest absolute Gasteiger partial charge is 0.480 e. The van der Waals surface area contributed by atoms with Crippen molar-refractivity contribution in [2.24, 2.45) is 29.6 Å². The lowest BCUT2D eigenvalue weighted by Gasteiger charge is -2.29. The molecule has 0 unspecified atom stereocenters. The molecule has 0 saturated heterocycles. The highest BCUT2D eigenvalue weighted by molar-refractivity contribution is 5.97. The Kier molecular flexibility index (Phi) is 19.9. The summed E-state index contributed by atoms with van der Waals surface area (Å²) in [6.07, 6.45) is 3.07. The highest BCUT2D eigenvalue weighted by Crippen LogP contribution is 2.20. The first kappa shape index (κ1) is 49.2. The van der Waals surface area contributed by atoms with Crippen LogP contribution in [-0.4, -0.2) is 87.8 Å². The number of carbonyl (C=O) groups excluding carboxylic acids is 6. The Balaban J connectivity index is 2.32. The first-order chi connectivity index (χ1) is 27.1. The third kappa shape index (κ3) is 16.9. The van der Waals surface area contributed by atoms with E-state index in [1.165, 1.54) is 6.92 Å². The topological polar surface area (TPSA) is 228 Å². The first-order valence-corrected chi connectivity index (χ1v) is 20.6. The number of hydrogen-bond acceptors (Lipinski definition) is 7. The van der Waals surface area contributed by atoms with E-state index in [1.807, 2.05) is 93.5 Å². The highest BCUT2D eigenvalue weighted by Gasteiger charge is 2.34. The molecule has 0 aliphatic heterocycles. The zero-order chi connectivity index (χ0) is 43.9. The minimum atomic E-state index is -1.17. The Hall–Kier alpha value is -4.95. The van der Waals surface area contributed by atoms with Crippen molar-refractivity contribution in [1.29, 1.82) is 0 Å². The molecule has 0 fully saturated rings. The molecule has 8 N–H and O–H groups in total. The summed E-state index contributed by atoms with van der Waals surface area (Å²) < 4.78 is 0. The molecular formula is C43H69N7O8. The number of aromatic nitrogens is 1. The van der Waals surface area contributed by atoms with Gasteiger partial charge in [-0.05, 0) is 73.3 Å². The number of fused-ring (bicyclic) bond motifs is 1. The number of para-hydroxylation sites is 1. The second kappa shape index (κ2) is 23.5. The molecule has 0 aliphatic rings. The van der Waals surface area contributed by atoms with Gasteiger partial charge in [-0.2, -0.15) is 0 Å². The first-order valence-electron chi connectivity index (χ1n) is 20.6. The number of carboxylic acid groups (broad SMARTS) is 1. The molecule has 15 heteroatoms. The van der Waals surface area contributed by atoms with Crippen molar-refractivity contribution < 1.29 is 38.7 Å². The van der Waals surface area contributed by atoms with Gasteiger partial charge in [0.25, 0.3) is 0 Å². The van der Waals surface area contributed by atoms with Crippen LogP contribution in [-0.2, 0) is 40.0 Å². The fraction of sp³-hybridized carbons (Fsp3) is 0.651. The molecule has 58 heavy (non-hydrogen) atoms. The van der Waals surface area contributed by atoms with Crippen LogP contribution in [0.2, 0.25) is 0 Å². The van der Waals surface area contributed by atoms with E-state index < -0.39 is 77.7 Å². The van der Waals surface area contributed by atoms with Gasteiger partial charge in [0.2, 0.25) is 35.4 Å². The van der Waals surface area contributed by atoms with Crippen LogP contribution in [0.25, 0.3) is 10.9 Å². The van der Waals surface area contributed by atoms with Crippen molar-refractivity contribution in [2.75, 3.05) is 0 Å². The fourth-order valence-electron chi connectivity index (χ4n) is 6.84. The molecule has 0 aliphatic carbocycles. The lowest BCUT2D eigenvalue weighted by atomic mass is 9.97. The summed E-state index contributed by atoms with van der Waals surface area (Å²) in [5, 5.41) is 27.1. The van der Waals surface area contributed by atoms with E-state index in [0.29, 0.717) is 0 Å². The molecule has 2 rings (SSSR count). The summed E-state index contributed by atoms with van der Waals surface area (Å²) in [4.78, 5) is 96.4. The van der Waals surface area contributed by atoms with E-state index in [-0.39, 0.29) is 68.1 Å². The molecule has 0 saturated carbocycles. The molecule has 324 valence electrons. The van der Waals surface area contributed by atoms with Gasteiger partial charge in [0.15, 0.2) is 0 Å². The molecule has 6 atom stereocenters. The highest BCUT2D eigenvalue weighted by atomic mass is 16.4. The number of benzene rings is 1. The fourth-order valence-corrected chi connectivity index (χ4v) is 6.84. The molecule has 1 heterocycles. The number of hydrogen-bond donors (Lipinski definition) is 8. The Bertz CT molecular complexity index is 1700. The van der Waals surface area contributed by atoms with Crippen LogP contribution < -0.4 is 31.9 Å². The Morgan fingerprint density at radius 2 is 0.828 bits per heavy atom. The average Bonchev–Trinajstić information content (AvgIpc) is 3.51.